The Morgan fingerprint density at radius 1 is 1.05 bits per heavy atom. The van der Waals surface area contributed by atoms with Crippen molar-refractivity contribution in [1.29, 1.82) is 0 Å². The normalized spacial score (nSPS) is 11.5. The number of benzene rings is 1. The molecule has 3 aromatic rings. The summed E-state index contributed by atoms with van der Waals surface area (Å²) in [7, 11) is -3.54. The standard InChI is InChI=1S/C15H14N4O2S/c20-22(21,15-3-1-8-16-12-15)18-11-13-4-6-14(7-5-13)19-10-2-9-17-19/h1-10,12,18H,11H2. The lowest BCUT2D eigenvalue weighted by Crippen LogP contribution is -2.23. The number of nitrogens with zero attached hydrogens (tertiary/aromatic N) is 3. The van der Waals surface area contributed by atoms with Crippen LogP contribution < -0.4 is 4.72 Å². The summed E-state index contributed by atoms with van der Waals surface area (Å²) in [5.74, 6) is 0. The van der Waals surface area contributed by atoms with Crippen molar-refractivity contribution in [2.24, 2.45) is 0 Å². The molecule has 2 aromatic heterocycles. The Hall–Kier alpha value is -2.51. The molecule has 0 aliphatic heterocycles. The molecule has 3 rings (SSSR count). The predicted octanol–water partition coefficient (Wildman–Crippen LogP) is 1.75. The monoisotopic (exact) mass is 314 g/mol. The molecule has 2 heterocycles. The number of aromatic nitrogens is 3. The molecule has 0 saturated carbocycles. The quantitative estimate of drug-likeness (QED) is 0.778. The van der Waals surface area contributed by atoms with Gasteiger partial charge in [0.25, 0.3) is 0 Å². The third-order valence-electron chi connectivity index (χ3n) is 3.12. The molecule has 0 unspecified atom stereocenters. The van der Waals surface area contributed by atoms with E-state index in [1.54, 1.807) is 16.9 Å². The first kappa shape index (κ1) is 14.4. The van der Waals surface area contributed by atoms with Gasteiger partial charge in [-0.1, -0.05) is 12.1 Å². The highest BCUT2D eigenvalue weighted by atomic mass is 32.2. The van der Waals surface area contributed by atoms with Gasteiger partial charge in [-0.15, -0.1) is 0 Å². The van der Waals surface area contributed by atoms with E-state index in [9.17, 15) is 8.42 Å². The minimum atomic E-state index is -3.54. The molecule has 0 bridgehead atoms. The van der Waals surface area contributed by atoms with Gasteiger partial charge in [-0.25, -0.2) is 17.8 Å². The fraction of sp³-hybridized carbons (Fsp3) is 0.0667. The SMILES string of the molecule is O=S(=O)(NCc1ccc(-n2cccn2)cc1)c1cccnc1. The van der Waals surface area contributed by atoms with Crippen LogP contribution in [-0.4, -0.2) is 23.2 Å². The van der Waals surface area contributed by atoms with Gasteiger partial charge in [0.2, 0.25) is 10.0 Å². The minimum absolute atomic E-state index is 0.156. The van der Waals surface area contributed by atoms with Crippen LogP contribution in [0.15, 0.2) is 72.1 Å². The van der Waals surface area contributed by atoms with Crippen LogP contribution >= 0.6 is 0 Å². The van der Waals surface area contributed by atoms with Gasteiger partial charge in [0, 0.05) is 31.3 Å². The Bertz CT molecular complexity index is 829. The Labute approximate surface area is 128 Å². The van der Waals surface area contributed by atoms with Crippen molar-refractivity contribution in [2.45, 2.75) is 11.4 Å². The molecule has 1 aromatic carbocycles. The van der Waals surface area contributed by atoms with Crippen LogP contribution in [-0.2, 0) is 16.6 Å². The van der Waals surface area contributed by atoms with Crippen LogP contribution in [0, 0.1) is 0 Å². The summed E-state index contributed by atoms with van der Waals surface area (Å²) >= 11 is 0. The average Bonchev–Trinajstić information content (AvgIpc) is 3.09. The molecule has 112 valence electrons. The largest absolute Gasteiger partial charge is 0.263 e. The molecule has 0 aliphatic carbocycles. The highest BCUT2D eigenvalue weighted by Gasteiger charge is 2.13. The lowest BCUT2D eigenvalue weighted by molar-refractivity contribution is 0.581. The van der Waals surface area contributed by atoms with E-state index < -0.39 is 10.0 Å². The second-order valence-corrected chi connectivity index (χ2v) is 6.40. The van der Waals surface area contributed by atoms with Crippen LogP contribution in [0.4, 0.5) is 0 Å². The minimum Gasteiger partial charge on any atom is -0.263 e. The van der Waals surface area contributed by atoms with Crippen molar-refractivity contribution in [2.75, 3.05) is 0 Å². The summed E-state index contributed by atoms with van der Waals surface area (Å²) in [6.07, 6.45) is 6.41. The highest BCUT2D eigenvalue weighted by Crippen LogP contribution is 2.10. The maximum absolute atomic E-state index is 12.1. The van der Waals surface area contributed by atoms with E-state index in [-0.39, 0.29) is 11.4 Å². The van der Waals surface area contributed by atoms with Gasteiger partial charge in [0.15, 0.2) is 0 Å². The fourth-order valence-corrected chi connectivity index (χ4v) is 2.94. The summed E-state index contributed by atoms with van der Waals surface area (Å²) < 4.78 is 28.5. The maximum atomic E-state index is 12.1. The number of hydrogen-bond acceptors (Lipinski definition) is 4. The molecule has 0 saturated heterocycles. The zero-order valence-corrected chi connectivity index (χ0v) is 12.4. The van der Waals surface area contributed by atoms with Crippen LogP contribution in [0.1, 0.15) is 5.56 Å². The van der Waals surface area contributed by atoms with Crippen LogP contribution in [0.2, 0.25) is 0 Å². The van der Waals surface area contributed by atoms with Crippen molar-refractivity contribution in [1.82, 2.24) is 19.5 Å². The zero-order chi connectivity index (χ0) is 15.4. The molecular weight excluding hydrogens is 300 g/mol. The molecule has 0 amide bonds. The number of sulfonamides is 1. The first-order valence-electron chi connectivity index (χ1n) is 6.64. The van der Waals surface area contributed by atoms with Gasteiger partial charge in [-0.2, -0.15) is 5.10 Å². The van der Waals surface area contributed by atoms with E-state index >= 15 is 0 Å². The van der Waals surface area contributed by atoms with Gasteiger partial charge in [-0.3, -0.25) is 4.98 Å². The number of hydrogen-bond donors (Lipinski definition) is 1. The van der Waals surface area contributed by atoms with Crippen LogP contribution in [0.5, 0.6) is 0 Å². The summed E-state index contributed by atoms with van der Waals surface area (Å²) in [6.45, 7) is 0.219. The fourth-order valence-electron chi connectivity index (χ4n) is 1.96. The van der Waals surface area contributed by atoms with Crippen molar-refractivity contribution in [3.63, 3.8) is 0 Å². The molecule has 0 fully saturated rings. The maximum Gasteiger partial charge on any atom is 0.242 e. The lowest BCUT2D eigenvalue weighted by Gasteiger charge is -2.07. The first-order chi connectivity index (χ1) is 10.6. The number of nitrogens with one attached hydrogen (secondary N) is 1. The Morgan fingerprint density at radius 2 is 1.86 bits per heavy atom. The number of rotatable bonds is 5. The molecule has 0 spiro atoms. The first-order valence-corrected chi connectivity index (χ1v) is 8.12. The van der Waals surface area contributed by atoms with Gasteiger partial charge < -0.3 is 0 Å². The molecule has 22 heavy (non-hydrogen) atoms. The topological polar surface area (TPSA) is 76.9 Å². The summed E-state index contributed by atoms with van der Waals surface area (Å²) in [5, 5.41) is 4.14. The molecule has 6 nitrogen and oxygen atoms in total. The van der Waals surface area contributed by atoms with Gasteiger partial charge >= 0.3 is 0 Å². The second kappa shape index (κ2) is 6.08. The zero-order valence-electron chi connectivity index (χ0n) is 11.6. The van der Waals surface area contributed by atoms with Crippen molar-refractivity contribution in [3.05, 3.63) is 72.8 Å². The van der Waals surface area contributed by atoms with E-state index in [2.05, 4.69) is 14.8 Å². The van der Waals surface area contributed by atoms with Crippen molar-refractivity contribution < 1.29 is 8.42 Å². The van der Waals surface area contributed by atoms with Crippen LogP contribution in [0.3, 0.4) is 0 Å². The summed E-state index contributed by atoms with van der Waals surface area (Å²) in [4.78, 5) is 3.97. The Kier molecular flexibility index (Phi) is 3.99. The summed E-state index contributed by atoms with van der Waals surface area (Å²) in [5.41, 5.74) is 1.78. The Morgan fingerprint density at radius 3 is 2.50 bits per heavy atom. The van der Waals surface area contributed by atoms with E-state index in [1.165, 1.54) is 18.5 Å². The third kappa shape index (κ3) is 3.21. The second-order valence-electron chi connectivity index (χ2n) is 4.63. The van der Waals surface area contributed by atoms with E-state index in [1.807, 2.05) is 36.5 Å². The molecule has 0 aliphatic rings. The van der Waals surface area contributed by atoms with Crippen molar-refractivity contribution in [3.8, 4) is 5.69 Å². The predicted molar refractivity (Wildman–Crippen MR) is 81.8 cm³/mol. The van der Waals surface area contributed by atoms with Gasteiger partial charge in [0.05, 0.1) is 5.69 Å². The molecular formula is C15H14N4O2S. The molecule has 1 N–H and O–H groups in total. The van der Waals surface area contributed by atoms with E-state index in [0.717, 1.165) is 11.3 Å². The lowest BCUT2D eigenvalue weighted by atomic mass is 10.2. The highest BCUT2D eigenvalue weighted by molar-refractivity contribution is 7.89. The van der Waals surface area contributed by atoms with E-state index in [4.69, 9.17) is 0 Å². The summed E-state index contributed by atoms with van der Waals surface area (Å²) in [6, 6.07) is 12.5. The van der Waals surface area contributed by atoms with Gasteiger partial charge in [-0.05, 0) is 35.9 Å². The van der Waals surface area contributed by atoms with Crippen LogP contribution in [0.25, 0.3) is 5.69 Å². The molecule has 7 heteroatoms. The average molecular weight is 314 g/mol. The molecule has 0 radical (unpaired) electrons. The van der Waals surface area contributed by atoms with E-state index in [0.29, 0.717) is 0 Å². The third-order valence-corrected chi connectivity index (χ3v) is 4.50. The Balaban J connectivity index is 1.69. The van der Waals surface area contributed by atoms with Gasteiger partial charge in [0.1, 0.15) is 4.90 Å². The smallest absolute Gasteiger partial charge is 0.242 e. The molecule has 0 atom stereocenters. The van der Waals surface area contributed by atoms with Crippen molar-refractivity contribution >= 4 is 10.0 Å². The number of pyridine rings is 1.